The molecule has 2 aliphatic heterocycles. The first-order valence-corrected chi connectivity index (χ1v) is 9.81. The number of amidine groups is 2. The lowest BCUT2D eigenvalue weighted by molar-refractivity contribution is -0.114. The molecule has 7 heteroatoms. The van der Waals surface area contributed by atoms with Crippen molar-refractivity contribution in [2.24, 2.45) is 10.1 Å². The van der Waals surface area contributed by atoms with Crippen molar-refractivity contribution in [1.82, 2.24) is 9.58 Å². The predicted octanol–water partition coefficient (Wildman–Crippen LogP) is 4.35. The van der Waals surface area contributed by atoms with Gasteiger partial charge in [0, 0.05) is 17.1 Å². The van der Waals surface area contributed by atoms with Gasteiger partial charge in [-0.05, 0) is 81.3 Å². The molecule has 0 unspecified atom stereocenters. The summed E-state index contributed by atoms with van der Waals surface area (Å²) in [5.74, 6) is -0.332. The standard InChI is InChI=1S/C21H21N5OS/c1-11-6-7-12(2)18(8-11)25-13(3)9-16(14(25)4)10-17-19(22)26-21(23-20(17)27)28-15(5)24-26/h6-10,22H,1-5H3/b17-10+,22-19?. The number of hydrazone groups is 1. The Balaban J connectivity index is 1.81. The Bertz CT molecular complexity index is 1140. The highest BCUT2D eigenvalue weighted by Crippen LogP contribution is 2.30. The van der Waals surface area contributed by atoms with Gasteiger partial charge in [0.1, 0.15) is 0 Å². The number of hydrogen-bond donors (Lipinski definition) is 1. The van der Waals surface area contributed by atoms with Gasteiger partial charge in [-0.2, -0.15) is 15.1 Å². The number of hydrogen-bond acceptors (Lipinski definition) is 4. The van der Waals surface area contributed by atoms with Gasteiger partial charge in [-0.15, -0.1) is 0 Å². The lowest BCUT2D eigenvalue weighted by atomic mass is 10.1. The summed E-state index contributed by atoms with van der Waals surface area (Å²) in [6, 6.07) is 8.42. The Labute approximate surface area is 168 Å². The van der Waals surface area contributed by atoms with Crippen LogP contribution in [0, 0.1) is 33.1 Å². The molecule has 0 spiro atoms. The van der Waals surface area contributed by atoms with E-state index in [0.29, 0.717) is 5.17 Å². The van der Waals surface area contributed by atoms with Gasteiger partial charge < -0.3 is 4.57 Å². The summed E-state index contributed by atoms with van der Waals surface area (Å²) >= 11 is 1.31. The van der Waals surface area contributed by atoms with E-state index in [2.05, 4.69) is 46.7 Å². The van der Waals surface area contributed by atoms with Crippen LogP contribution in [0.1, 0.15) is 35.0 Å². The first-order valence-electron chi connectivity index (χ1n) is 8.99. The minimum Gasteiger partial charge on any atom is -0.318 e. The normalized spacial score (nSPS) is 17.9. The molecule has 0 saturated carbocycles. The summed E-state index contributed by atoms with van der Waals surface area (Å²) in [5, 5.41) is 15.4. The number of aromatic nitrogens is 1. The van der Waals surface area contributed by atoms with E-state index in [-0.39, 0.29) is 11.4 Å². The number of amides is 1. The minimum atomic E-state index is -0.398. The maximum atomic E-state index is 12.5. The van der Waals surface area contributed by atoms with Crippen LogP contribution in [0.3, 0.4) is 0 Å². The molecule has 1 aromatic heterocycles. The second kappa shape index (κ2) is 6.60. The first-order chi connectivity index (χ1) is 13.3. The quantitative estimate of drug-likeness (QED) is 0.774. The molecule has 4 rings (SSSR count). The van der Waals surface area contributed by atoms with Crippen molar-refractivity contribution >= 4 is 39.8 Å². The van der Waals surface area contributed by atoms with E-state index in [1.165, 1.54) is 27.9 Å². The number of nitrogens with zero attached hydrogens (tertiary/aromatic N) is 4. The molecule has 0 radical (unpaired) electrons. The summed E-state index contributed by atoms with van der Waals surface area (Å²) in [5.41, 5.74) is 6.75. The molecular formula is C21H21N5OS. The van der Waals surface area contributed by atoms with E-state index >= 15 is 0 Å². The fourth-order valence-electron chi connectivity index (χ4n) is 3.51. The lowest BCUT2D eigenvalue weighted by Crippen LogP contribution is -2.35. The maximum absolute atomic E-state index is 12.5. The highest BCUT2D eigenvalue weighted by molar-refractivity contribution is 8.26. The average molecular weight is 392 g/mol. The number of fused-ring (bicyclic) bond motifs is 1. The Hall–Kier alpha value is -2.93. The molecule has 142 valence electrons. The third kappa shape index (κ3) is 2.92. The van der Waals surface area contributed by atoms with Crippen LogP contribution in [0.15, 0.2) is 39.9 Å². The largest absolute Gasteiger partial charge is 0.318 e. The van der Waals surface area contributed by atoms with Gasteiger partial charge in [-0.25, -0.2) is 0 Å². The topological polar surface area (TPSA) is 73.8 Å². The van der Waals surface area contributed by atoms with Gasteiger partial charge in [0.2, 0.25) is 5.17 Å². The molecule has 1 amide bonds. The number of carbonyl (C=O) groups excluding carboxylic acids is 1. The van der Waals surface area contributed by atoms with Crippen molar-refractivity contribution in [2.45, 2.75) is 34.6 Å². The van der Waals surface area contributed by atoms with Crippen LogP contribution in [-0.4, -0.2) is 31.5 Å². The van der Waals surface area contributed by atoms with Gasteiger partial charge in [0.05, 0.1) is 10.6 Å². The molecule has 2 aliphatic rings. The third-order valence-corrected chi connectivity index (χ3v) is 5.76. The molecule has 1 N–H and O–H groups in total. The van der Waals surface area contributed by atoms with Crippen LogP contribution in [0.2, 0.25) is 0 Å². The third-order valence-electron chi connectivity index (χ3n) is 4.93. The van der Waals surface area contributed by atoms with Crippen molar-refractivity contribution in [2.75, 3.05) is 0 Å². The molecule has 28 heavy (non-hydrogen) atoms. The molecule has 0 aliphatic carbocycles. The molecular weight excluding hydrogens is 370 g/mol. The Morgan fingerprint density at radius 1 is 1.11 bits per heavy atom. The monoisotopic (exact) mass is 391 g/mol. The lowest BCUT2D eigenvalue weighted by Gasteiger charge is -2.20. The number of aliphatic imine (C=N–C) groups is 1. The van der Waals surface area contributed by atoms with Crippen LogP contribution >= 0.6 is 11.8 Å². The van der Waals surface area contributed by atoms with Crippen molar-refractivity contribution in [3.8, 4) is 5.69 Å². The zero-order valence-electron chi connectivity index (χ0n) is 16.5. The summed E-state index contributed by atoms with van der Waals surface area (Å²) in [4.78, 5) is 16.6. The summed E-state index contributed by atoms with van der Waals surface area (Å²) in [7, 11) is 0. The van der Waals surface area contributed by atoms with E-state index in [4.69, 9.17) is 5.41 Å². The number of rotatable bonds is 2. The van der Waals surface area contributed by atoms with Crippen LogP contribution in [0.5, 0.6) is 0 Å². The van der Waals surface area contributed by atoms with E-state index in [1.54, 1.807) is 6.08 Å². The van der Waals surface area contributed by atoms with Gasteiger partial charge in [0.15, 0.2) is 5.84 Å². The zero-order valence-corrected chi connectivity index (χ0v) is 17.3. The summed E-state index contributed by atoms with van der Waals surface area (Å²) in [6.45, 7) is 10.1. The number of carbonyl (C=O) groups is 1. The van der Waals surface area contributed by atoms with Crippen LogP contribution in [0.4, 0.5) is 0 Å². The van der Waals surface area contributed by atoms with Gasteiger partial charge in [-0.3, -0.25) is 10.2 Å². The molecule has 3 heterocycles. The van der Waals surface area contributed by atoms with Gasteiger partial charge in [0.25, 0.3) is 5.91 Å². The fraction of sp³-hybridized carbons (Fsp3) is 0.238. The molecule has 2 aromatic rings. The molecule has 0 saturated heterocycles. The SMILES string of the molecule is CC1=NN2C(=N)/C(=C\c3cc(C)n(-c4cc(C)ccc4C)c3C)C(=O)N=C2S1. The molecule has 0 bridgehead atoms. The highest BCUT2D eigenvalue weighted by atomic mass is 32.2. The molecule has 1 aromatic carbocycles. The van der Waals surface area contributed by atoms with Crippen molar-refractivity contribution in [1.29, 1.82) is 5.41 Å². The Kier molecular flexibility index (Phi) is 4.34. The minimum absolute atomic E-state index is 0.0656. The van der Waals surface area contributed by atoms with Crippen molar-refractivity contribution < 1.29 is 4.79 Å². The predicted molar refractivity (Wildman–Crippen MR) is 115 cm³/mol. The van der Waals surface area contributed by atoms with Crippen molar-refractivity contribution in [3.05, 3.63) is 57.9 Å². The summed E-state index contributed by atoms with van der Waals surface area (Å²) in [6.07, 6.45) is 1.75. The number of thioether (sulfide) groups is 1. The fourth-order valence-corrected chi connectivity index (χ4v) is 4.24. The van der Waals surface area contributed by atoms with Crippen molar-refractivity contribution in [3.63, 3.8) is 0 Å². The highest BCUT2D eigenvalue weighted by Gasteiger charge is 2.34. The smallest absolute Gasteiger partial charge is 0.283 e. The average Bonchev–Trinajstić information content (AvgIpc) is 3.13. The number of benzene rings is 1. The first kappa shape index (κ1) is 18.4. The summed E-state index contributed by atoms with van der Waals surface area (Å²) < 4.78 is 2.19. The van der Waals surface area contributed by atoms with Crippen LogP contribution in [-0.2, 0) is 4.79 Å². The number of aryl methyl sites for hydroxylation is 3. The second-order valence-electron chi connectivity index (χ2n) is 7.09. The maximum Gasteiger partial charge on any atom is 0.283 e. The van der Waals surface area contributed by atoms with Gasteiger partial charge >= 0.3 is 0 Å². The van der Waals surface area contributed by atoms with Gasteiger partial charge in [-0.1, -0.05) is 12.1 Å². The molecule has 0 atom stereocenters. The Morgan fingerprint density at radius 3 is 2.61 bits per heavy atom. The van der Waals surface area contributed by atoms with Crippen LogP contribution in [0.25, 0.3) is 11.8 Å². The van der Waals surface area contributed by atoms with E-state index in [1.807, 2.05) is 26.8 Å². The van der Waals surface area contributed by atoms with E-state index in [9.17, 15) is 4.79 Å². The Morgan fingerprint density at radius 2 is 1.86 bits per heavy atom. The molecule has 6 nitrogen and oxygen atoms in total. The van der Waals surface area contributed by atoms with Crippen LogP contribution < -0.4 is 0 Å². The zero-order chi connectivity index (χ0) is 20.2. The molecule has 0 fully saturated rings. The number of nitrogens with one attached hydrogen (secondary N) is 1. The second-order valence-corrected chi connectivity index (χ2v) is 8.25. The van der Waals surface area contributed by atoms with E-state index < -0.39 is 5.91 Å². The van der Waals surface area contributed by atoms with E-state index in [0.717, 1.165) is 27.7 Å².